The molecule has 2 heterocycles. The van der Waals surface area contributed by atoms with Gasteiger partial charge in [0.25, 0.3) is 11.6 Å². The molecule has 24 heavy (non-hydrogen) atoms. The predicted octanol–water partition coefficient (Wildman–Crippen LogP) is -6.69. The van der Waals surface area contributed by atoms with E-state index in [9.17, 15) is 40.9 Å². The number of hydrogen-bond acceptors (Lipinski definition) is 12. The van der Waals surface area contributed by atoms with Gasteiger partial charge in [-0.15, -0.1) is 0 Å². The third-order valence-corrected chi connectivity index (χ3v) is 4.45. The van der Waals surface area contributed by atoms with Gasteiger partial charge in [-0.1, -0.05) is 0 Å². The molecule has 2 aliphatic heterocycles. The Morgan fingerprint density at radius 2 is 0.875 bits per heavy atom. The molecule has 0 aromatic rings. The van der Waals surface area contributed by atoms with Crippen molar-refractivity contribution in [3.8, 4) is 0 Å². The largest absolute Gasteiger partial charge is 0.394 e. The summed E-state index contributed by atoms with van der Waals surface area (Å²) < 4.78 is 9.69. The van der Waals surface area contributed by atoms with Crippen LogP contribution in [0, 0.1) is 0 Å². The van der Waals surface area contributed by atoms with Crippen molar-refractivity contribution in [3.63, 3.8) is 0 Å². The van der Waals surface area contributed by atoms with Gasteiger partial charge in [0.2, 0.25) is 0 Å². The second-order valence-electron chi connectivity index (χ2n) is 5.92. The fraction of sp³-hybridized carbons (Fsp3) is 1.00. The van der Waals surface area contributed by atoms with Crippen LogP contribution in [0.3, 0.4) is 0 Å². The maximum Gasteiger partial charge on any atom is 0.254 e. The normalized spacial score (nSPS) is 56.2. The molecule has 0 amide bonds. The Kier molecular flexibility index (Phi) is 5.52. The molecule has 0 bridgehead atoms. The molecular formula is C12H22O12. The summed E-state index contributed by atoms with van der Waals surface area (Å²) in [6.07, 6.45) is -16.2. The lowest BCUT2D eigenvalue weighted by Crippen LogP contribution is -2.81. The minimum atomic E-state index is -3.33. The number of aliphatic hydroxyl groups excluding tert-OH is 8. The van der Waals surface area contributed by atoms with Crippen molar-refractivity contribution in [1.29, 1.82) is 0 Å². The zero-order valence-electron chi connectivity index (χ0n) is 12.3. The lowest BCUT2D eigenvalue weighted by Gasteiger charge is -2.56. The molecular weight excluding hydrogens is 336 g/mol. The van der Waals surface area contributed by atoms with Gasteiger partial charge in [-0.25, -0.2) is 0 Å². The summed E-state index contributed by atoms with van der Waals surface area (Å²) in [6, 6.07) is 0. The SMILES string of the molecule is OC[C@H]1O[C@@](O)([C@]2(O)O[C@H](CO)[C@@H](O)[C@H](O)[C@H]2O)[C@H](O)[C@@H](O)[C@@H]1O. The average molecular weight is 358 g/mol. The van der Waals surface area contributed by atoms with E-state index in [1.54, 1.807) is 0 Å². The van der Waals surface area contributed by atoms with E-state index in [0.717, 1.165) is 0 Å². The smallest absolute Gasteiger partial charge is 0.254 e. The predicted molar refractivity (Wildman–Crippen MR) is 69.9 cm³/mol. The highest BCUT2D eigenvalue weighted by Crippen LogP contribution is 2.43. The second-order valence-corrected chi connectivity index (χ2v) is 5.92. The zero-order valence-corrected chi connectivity index (χ0v) is 12.3. The van der Waals surface area contributed by atoms with E-state index in [-0.39, 0.29) is 0 Å². The summed E-state index contributed by atoms with van der Waals surface area (Å²) in [5, 5.41) is 98.3. The van der Waals surface area contributed by atoms with Gasteiger partial charge in [0, 0.05) is 0 Å². The zero-order chi connectivity index (χ0) is 18.4. The molecule has 2 rings (SSSR count). The molecule has 0 aliphatic carbocycles. The summed E-state index contributed by atoms with van der Waals surface area (Å²) in [4.78, 5) is 0. The molecule has 2 saturated heterocycles. The molecule has 0 radical (unpaired) electrons. The van der Waals surface area contributed by atoms with Crippen molar-refractivity contribution in [1.82, 2.24) is 0 Å². The molecule has 0 spiro atoms. The Bertz CT molecular complexity index is 406. The first-order valence-electron chi connectivity index (χ1n) is 7.15. The van der Waals surface area contributed by atoms with Crippen LogP contribution in [0.4, 0.5) is 0 Å². The highest BCUT2D eigenvalue weighted by molar-refractivity contribution is 5.09. The summed E-state index contributed by atoms with van der Waals surface area (Å²) in [5.41, 5.74) is 0. The van der Waals surface area contributed by atoms with E-state index < -0.39 is 73.6 Å². The maximum absolute atomic E-state index is 10.5. The Hall–Kier alpha value is -0.480. The van der Waals surface area contributed by atoms with Gasteiger partial charge in [0.1, 0.15) is 48.8 Å². The van der Waals surface area contributed by atoms with E-state index in [0.29, 0.717) is 0 Å². The van der Waals surface area contributed by atoms with Gasteiger partial charge in [-0.3, -0.25) is 0 Å². The molecule has 12 nitrogen and oxygen atoms in total. The van der Waals surface area contributed by atoms with Crippen molar-refractivity contribution >= 4 is 0 Å². The fourth-order valence-electron chi connectivity index (χ4n) is 2.90. The minimum Gasteiger partial charge on any atom is -0.394 e. The summed E-state index contributed by atoms with van der Waals surface area (Å²) >= 11 is 0. The van der Waals surface area contributed by atoms with E-state index in [2.05, 4.69) is 0 Å². The Balaban J connectivity index is 2.45. The Morgan fingerprint density at radius 3 is 1.12 bits per heavy atom. The minimum absolute atomic E-state index is 0.950. The number of rotatable bonds is 3. The molecule has 2 fully saturated rings. The van der Waals surface area contributed by atoms with Crippen LogP contribution in [0.25, 0.3) is 0 Å². The highest BCUT2D eigenvalue weighted by atomic mass is 16.7. The first-order valence-corrected chi connectivity index (χ1v) is 7.15. The van der Waals surface area contributed by atoms with Crippen molar-refractivity contribution in [3.05, 3.63) is 0 Å². The molecule has 0 aromatic heterocycles. The Morgan fingerprint density at radius 1 is 0.583 bits per heavy atom. The molecule has 10 N–H and O–H groups in total. The van der Waals surface area contributed by atoms with Crippen LogP contribution < -0.4 is 0 Å². The van der Waals surface area contributed by atoms with Crippen molar-refractivity contribution in [2.75, 3.05) is 13.2 Å². The van der Waals surface area contributed by atoms with Gasteiger partial charge >= 0.3 is 0 Å². The van der Waals surface area contributed by atoms with Crippen LogP contribution in [0.15, 0.2) is 0 Å². The van der Waals surface area contributed by atoms with Crippen LogP contribution in [0.1, 0.15) is 0 Å². The van der Waals surface area contributed by atoms with Crippen LogP contribution in [-0.4, -0.2) is 125 Å². The Labute approximate surface area is 135 Å². The lowest BCUT2D eigenvalue weighted by atomic mass is 9.80. The second kappa shape index (κ2) is 6.68. The molecule has 0 saturated carbocycles. The highest BCUT2D eigenvalue weighted by Gasteiger charge is 2.71. The standard InChI is InChI=1S/C12H22O12/c13-1-3-5(15)7(17)9(19)11(21,23-3)12(22)10(20)8(18)6(16)4(2-14)24-12/h3-10,13-22H,1-2H2/t3-,4-,5-,6-,7+,8+,9-,10-,11-,12-/m1/s1. The van der Waals surface area contributed by atoms with Gasteiger partial charge in [0.15, 0.2) is 0 Å². The molecule has 0 unspecified atom stereocenters. The first kappa shape index (κ1) is 19.8. The maximum atomic E-state index is 10.5. The van der Waals surface area contributed by atoms with Crippen LogP contribution >= 0.6 is 0 Å². The molecule has 2 aliphatic rings. The van der Waals surface area contributed by atoms with E-state index in [1.807, 2.05) is 0 Å². The molecule has 12 heteroatoms. The number of ether oxygens (including phenoxy) is 2. The molecule has 10 atom stereocenters. The molecule has 142 valence electrons. The van der Waals surface area contributed by atoms with Crippen molar-refractivity contribution in [2.24, 2.45) is 0 Å². The van der Waals surface area contributed by atoms with Crippen LogP contribution in [0.5, 0.6) is 0 Å². The average Bonchev–Trinajstić information content (AvgIpc) is 2.57. The fourth-order valence-corrected chi connectivity index (χ4v) is 2.90. The van der Waals surface area contributed by atoms with Gasteiger partial charge in [-0.05, 0) is 0 Å². The van der Waals surface area contributed by atoms with Gasteiger partial charge in [0.05, 0.1) is 13.2 Å². The summed E-state index contributed by atoms with van der Waals surface area (Å²) in [7, 11) is 0. The van der Waals surface area contributed by atoms with E-state index in [1.165, 1.54) is 0 Å². The summed E-state index contributed by atoms with van der Waals surface area (Å²) in [6.45, 7) is -1.90. The van der Waals surface area contributed by atoms with Crippen molar-refractivity contribution in [2.45, 2.75) is 60.4 Å². The molecule has 0 aromatic carbocycles. The lowest BCUT2D eigenvalue weighted by molar-refractivity contribution is -0.490. The topological polar surface area (TPSA) is 221 Å². The first-order chi connectivity index (χ1) is 11.0. The third kappa shape index (κ3) is 2.65. The van der Waals surface area contributed by atoms with Crippen LogP contribution in [0.2, 0.25) is 0 Å². The quantitative estimate of drug-likeness (QED) is 0.227. The number of aliphatic hydroxyl groups is 10. The monoisotopic (exact) mass is 358 g/mol. The summed E-state index contributed by atoms with van der Waals surface area (Å²) in [5.74, 6) is -6.65. The van der Waals surface area contributed by atoms with Gasteiger partial charge in [-0.2, -0.15) is 0 Å². The van der Waals surface area contributed by atoms with Crippen LogP contribution in [-0.2, 0) is 9.47 Å². The van der Waals surface area contributed by atoms with E-state index >= 15 is 0 Å². The van der Waals surface area contributed by atoms with E-state index in [4.69, 9.17) is 19.7 Å². The van der Waals surface area contributed by atoms with Gasteiger partial charge < -0.3 is 60.5 Å². The number of hydrogen-bond donors (Lipinski definition) is 10. The third-order valence-electron chi connectivity index (χ3n) is 4.45. The van der Waals surface area contributed by atoms with Crippen molar-refractivity contribution < 1.29 is 60.5 Å².